The van der Waals surface area contributed by atoms with Crippen LogP contribution < -0.4 is 4.74 Å². The van der Waals surface area contributed by atoms with Crippen LogP contribution in [0.4, 0.5) is 0 Å². The molecule has 1 aliphatic carbocycles. The van der Waals surface area contributed by atoms with Crippen LogP contribution in [0.25, 0.3) is 0 Å². The van der Waals surface area contributed by atoms with E-state index in [9.17, 15) is 10.4 Å². The van der Waals surface area contributed by atoms with Gasteiger partial charge < -0.3 is 9.84 Å². The van der Waals surface area contributed by atoms with Crippen molar-refractivity contribution in [1.82, 2.24) is 4.98 Å². The maximum atomic E-state index is 10.6. The number of ether oxygens (including phenoxy) is 1. The number of aliphatic hydroxyl groups is 1. The average Bonchev–Trinajstić information content (AvgIpc) is 2.91. The summed E-state index contributed by atoms with van der Waals surface area (Å²) in [5.74, 6) is 0.995. The lowest BCUT2D eigenvalue weighted by Crippen LogP contribution is -2.25. The lowest BCUT2D eigenvalue weighted by atomic mass is 9.79. The van der Waals surface area contributed by atoms with Gasteiger partial charge in [-0.05, 0) is 31.2 Å². The molecule has 19 heavy (non-hydrogen) atoms. The van der Waals surface area contributed by atoms with Crippen LogP contribution in [0, 0.1) is 22.7 Å². The fourth-order valence-electron chi connectivity index (χ4n) is 2.92. The molecule has 0 aliphatic heterocycles. The van der Waals surface area contributed by atoms with E-state index in [1.807, 2.05) is 0 Å². The van der Waals surface area contributed by atoms with Crippen LogP contribution in [-0.4, -0.2) is 17.2 Å². The molecule has 1 N–H and O–H groups in total. The first-order valence-corrected chi connectivity index (χ1v) is 6.75. The first-order valence-electron chi connectivity index (χ1n) is 6.75. The third kappa shape index (κ3) is 2.57. The molecule has 1 aliphatic rings. The van der Waals surface area contributed by atoms with Gasteiger partial charge in [0.05, 0.1) is 24.3 Å². The van der Waals surface area contributed by atoms with Crippen LogP contribution in [-0.2, 0) is 0 Å². The molecule has 0 amide bonds. The highest BCUT2D eigenvalue weighted by molar-refractivity contribution is 5.22. The number of nitriles is 1. The van der Waals surface area contributed by atoms with Crippen molar-refractivity contribution < 1.29 is 9.84 Å². The van der Waals surface area contributed by atoms with Crippen LogP contribution in [0.5, 0.6) is 5.88 Å². The number of nitrogens with zero attached hydrogens (tertiary/aromatic N) is 2. The summed E-state index contributed by atoms with van der Waals surface area (Å²) >= 11 is 0. The Labute approximate surface area is 114 Å². The Kier molecular flexibility index (Phi) is 4.06. The van der Waals surface area contributed by atoms with Gasteiger partial charge in [0.2, 0.25) is 5.88 Å². The van der Waals surface area contributed by atoms with Gasteiger partial charge in [0.15, 0.2) is 0 Å². The predicted octanol–water partition coefficient (Wildman–Crippen LogP) is 2.84. The van der Waals surface area contributed by atoms with Gasteiger partial charge in [-0.2, -0.15) is 5.26 Å². The van der Waals surface area contributed by atoms with E-state index in [-0.39, 0.29) is 0 Å². The maximum Gasteiger partial charge on any atom is 0.213 e. The van der Waals surface area contributed by atoms with Crippen LogP contribution in [0.3, 0.4) is 0 Å². The Hall–Kier alpha value is -1.60. The molecule has 1 fully saturated rings. The van der Waals surface area contributed by atoms with E-state index < -0.39 is 11.5 Å². The second-order valence-electron chi connectivity index (χ2n) is 5.29. The summed E-state index contributed by atoms with van der Waals surface area (Å²) in [6.45, 7) is 2.13. The maximum absolute atomic E-state index is 10.6. The molecule has 1 aromatic rings. The summed E-state index contributed by atoms with van der Waals surface area (Å²) in [5.41, 5.74) is -0.169. The summed E-state index contributed by atoms with van der Waals surface area (Å²) in [7, 11) is 1.54. The van der Waals surface area contributed by atoms with E-state index in [0.717, 1.165) is 25.7 Å². The van der Waals surface area contributed by atoms with Crippen molar-refractivity contribution >= 4 is 0 Å². The Morgan fingerprint density at radius 2 is 2.42 bits per heavy atom. The summed E-state index contributed by atoms with van der Waals surface area (Å²) in [5, 5.41) is 20.1. The van der Waals surface area contributed by atoms with E-state index >= 15 is 0 Å². The minimum absolute atomic E-state index is 0.467. The largest absolute Gasteiger partial charge is 0.481 e. The normalized spacial score (nSPS) is 27.8. The summed E-state index contributed by atoms with van der Waals surface area (Å²) in [6.07, 6.45) is 2.71. The van der Waals surface area contributed by atoms with Gasteiger partial charge in [-0.15, -0.1) is 0 Å². The van der Waals surface area contributed by atoms with Crippen LogP contribution in [0.2, 0.25) is 0 Å². The van der Waals surface area contributed by atoms with Crippen LogP contribution >= 0.6 is 0 Å². The first-order chi connectivity index (χ1) is 9.15. The SMILES string of the molecule is CCC1CCC(C#N)(C(O)c2cccc(OC)n2)C1. The van der Waals surface area contributed by atoms with Crippen molar-refractivity contribution in [3.63, 3.8) is 0 Å². The first kappa shape index (κ1) is 13.8. The van der Waals surface area contributed by atoms with E-state index in [4.69, 9.17) is 4.74 Å². The number of hydrogen-bond acceptors (Lipinski definition) is 4. The summed E-state index contributed by atoms with van der Waals surface area (Å²) < 4.78 is 5.07. The number of hydrogen-bond donors (Lipinski definition) is 1. The number of rotatable bonds is 4. The van der Waals surface area contributed by atoms with E-state index in [2.05, 4.69) is 18.0 Å². The molecule has 0 saturated heterocycles. The fourth-order valence-corrected chi connectivity index (χ4v) is 2.92. The average molecular weight is 260 g/mol. The summed E-state index contributed by atoms with van der Waals surface area (Å²) in [4.78, 5) is 4.26. The van der Waals surface area contributed by atoms with Crippen molar-refractivity contribution in [1.29, 1.82) is 5.26 Å². The number of pyridine rings is 1. The zero-order valence-corrected chi connectivity index (χ0v) is 11.5. The standard InChI is InChI=1S/C15H20N2O2/c1-3-11-7-8-15(9-11,10-16)14(18)12-5-4-6-13(17-12)19-2/h4-6,11,14,18H,3,7-9H2,1-2H3. The molecule has 1 aromatic heterocycles. The molecule has 0 bridgehead atoms. The second kappa shape index (κ2) is 5.58. The van der Waals surface area contributed by atoms with E-state index in [1.165, 1.54) is 0 Å². The molecular formula is C15H20N2O2. The van der Waals surface area contributed by atoms with Gasteiger partial charge in [-0.1, -0.05) is 19.4 Å². The number of aliphatic hydroxyl groups excluding tert-OH is 1. The molecular weight excluding hydrogens is 240 g/mol. The monoisotopic (exact) mass is 260 g/mol. The van der Waals surface area contributed by atoms with Gasteiger partial charge >= 0.3 is 0 Å². The Balaban J connectivity index is 2.26. The van der Waals surface area contributed by atoms with Crippen LogP contribution in [0.1, 0.15) is 44.4 Å². The third-order valence-electron chi connectivity index (χ3n) is 4.21. The van der Waals surface area contributed by atoms with Crippen molar-refractivity contribution in [2.24, 2.45) is 11.3 Å². The second-order valence-corrected chi connectivity index (χ2v) is 5.29. The molecule has 1 saturated carbocycles. The Morgan fingerprint density at radius 1 is 1.63 bits per heavy atom. The van der Waals surface area contributed by atoms with Gasteiger partial charge in [-0.25, -0.2) is 4.98 Å². The van der Waals surface area contributed by atoms with E-state index in [1.54, 1.807) is 25.3 Å². The zero-order valence-electron chi connectivity index (χ0n) is 11.5. The van der Waals surface area contributed by atoms with Gasteiger partial charge in [0.1, 0.15) is 6.10 Å². The Bertz CT molecular complexity index is 483. The van der Waals surface area contributed by atoms with Crippen LogP contribution in [0.15, 0.2) is 18.2 Å². The predicted molar refractivity (Wildman–Crippen MR) is 71.4 cm³/mol. The topological polar surface area (TPSA) is 66.1 Å². The molecule has 4 heteroatoms. The molecule has 0 spiro atoms. The molecule has 3 atom stereocenters. The van der Waals surface area contributed by atoms with E-state index in [0.29, 0.717) is 17.5 Å². The lowest BCUT2D eigenvalue weighted by molar-refractivity contribution is 0.0599. The van der Waals surface area contributed by atoms with Crippen molar-refractivity contribution in [2.75, 3.05) is 7.11 Å². The van der Waals surface area contributed by atoms with Gasteiger partial charge in [0.25, 0.3) is 0 Å². The van der Waals surface area contributed by atoms with Crippen molar-refractivity contribution in [3.05, 3.63) is 23.9 Å². The van der Waals surface area contributed by atoms with Gasteiger partial charge in [0, 0.05) is 6.07 Å². The molecule has 0 aromatic carbocycles. The molecule has 3 unspecified atom stereocenters. The smallest absolute Gasteiger partial charge is 0.213 e. The van der Waals surface area contributed by atoms with Crippen molar-refractivity contribution in [2.45, 2.75) is 38.7 Å². The zero-order chi connectivity index (χ0) is 13.9. The molecule has 102 valence electrons. The molecule has 4 nitrogen and oxygen atoms in total. The molecule has 2 rings (SSSR count). The minimum atomic E-state index is -0.843. The quantitative estimate of drug-likeness (QED) is 0.904. The van der Waals surface area contributed by atoms with Crippen molar-refractivity contribution in [3.8, 4) is 11.9 Å². The minimum Gasteiger partial charge on any atom is -0.481 e. The molecule has 0 radical (unpaired) electrons. The van der Waals surface area contributed by atoms with Gasteiger partial charge in [-0.3, -0.25) is 0 Å². The fraction of sp³-hybridized carbons (Fsp3) is 0.600. The molecule has 1 heterocycles. The Morgan fingerprint density at radius 3 is 3.00 bits per heavy atom. The highest BCUT2D eigenvalue weighted by Gasteiger charge is 2.45. The summed E-state index contributed by atoms with van der Waals surface area (Å²) in [6, 6.07) is 7.63. The number of aromatic nitrogens is 1. The lowest BCUT2D eigenvalue weighted by Gasteiger charge is -2.27. The third-order valence-corrected chi connectivity index (χ3v) is 4.21. The number of methoxy groups -OCH3 is 1. The highest BCUT2D eigenvalue weighted by Crippen LogP contribution is 2.50. The highest BCUT2D eigenvalue weighted by atomic mass is 16.5.